The van der Waals surface area contributed by atoms with Gasteiger partial charge >= 0.3 is 0 Å². The molecule has 0 atom stereocenters. The predicted octanol–water partition coefficient (Wildman–Crippen LogP) is 4.68. The fourth-order valence-corrected chi connectivity index (χ4v) is 3.89. The van der Waals surface area contributed by atoms with Crippen LogP contribution in [0.2, 0.25) is 0 Å². The second-order valence-electron chi connectivity index (χ2n) is 6.69. The number of nitrogens with zero attached hydrogens (tertiary/aromatic N) is 2. The molecule has 6 heteroatoms. The highest BCUT2D eigenvalue weighted by Gasteiger charge is 2.15. The lowest BCUT2D eigenvalue weighted by molar-refractivity contribution is -0.117. The molecule has 3 aromatic rings. The number of benzene rings is 2. The molecule has 1 aromatic heterocycles. The monoisotopic (exact) mass is 451 g/mol. The van der Waals surface area contributed by atoms with Gasteiger partial charge < -0.3 is 14.6 Å². The number of carbonyl (C=O) groups excluding carboxylic acids is 1. The van der Waals surface area contributed by atoms with Crippen LogP contribution >= 0.6 is 15.9 Å². The van der Waals surface area contributed by atoms with E-state index in [9.17, 15) is 10.1 Å². The van der Waals surface area contributed by atoms with Crippen molar-refractivity contribution in [3.8, 4) is 11.8 Å². The number of fused-ring (bicyclic) bond motifs is 1. The number of carbonyl (C=O) groups is 1. The van der Waals surface area contributed by atoms with Crippen LogP contribution in [-0.2, 0) is 9.53 Å². The van der Waals surface area contributed by atoms with Crippen molar-refractivity contribution in [3.63, 3.8) is 0 Å². The molecule has 0 unspecified atom stereocenters. The van der Waals surface area contributed by atoms with Crippen molar-refractivity contribution in [1.29, 1.82) is 5.26 Å². The van der Waals surface area contributed by atoms with E-state index in [4.69, 9.17) is 4.74 Å². The van der Waals surface area contributed by atoms with Gasteiger partial charge in [-0.3, -0.25) is 4.79 Å². The van der Waals surface area contributed by atoms with E-state index in [0.717, 1.165) is 37.9 Å². The van der Waals surface area contributed by atoms with E-state index >= 15 is 0 Å². The molecule has 148 valence electrons. The Balaban J connectivity index is 2.05. The summed E-state index contributed by atoms with van der Waals surface area (Å²) in [6, 6.07) is 16.3. The third-order valence-electron chi connectivity index (χ3n) is 4.82. The molecule has 1 N–H and O–H groups in total. The number of halogens is 1. The van der Waals surface area contributed by atoms with Crippen LogP contribution in [0.3, 0.4) is 0 Å². The largest absolute Gasteiger partial charge is 0.383 e. The molecule has 2 aromatic carbocycles. The molecule has 3 rings (SSSR count). The molecule has 0 fully saturated rings. The Bertz CT molecular complexity index is 1140. The summed E-state index contributed by atoms with van der Waals surface area (Å²) in [5.41, 5.74) is 3.96. The van der Waals surface area contributed by atoms with Crippen molar-refractivity contribution < 1.29 is 9.53 Å². The van der Waals surface area contributed by atoms with Gasteiger partial charge in [-0.05, 0) is 49.1 Å². The van der Waals surface area contributed by atoms with Crippen molar-refractivity contribution in [2.75, 3.05) is 20.3 Å². The number of ether oxygens (including phenoxy) is 1. The Morgan fingerprint density at radius 2 is 1.97 bits per heavy atom. The van der Waals surface area contributed by atoms with Crippen LogP contribution in [0.25, 0.3) is 22.5 Å². The number of nitrogens with one attached hydrogen (secondary N) is 1. The zero-order valence-corrected chi connectivity index (χ0v) is 18.2. The number of aromatic nitrogens is 1. The Kier molecular flexibility index (Phi) is 6.53. The fraction of sp³-hybridized carbons (Fsp3) is 0.217. The van der Waals surface area contributed by atoms with Gasteiger partial charge in [0.15, 0.2) is 0 Å². The van der Waals surface area contributed by atoms with E-state index in [1.54, 1.807) is 13.2 Å². The van der Waals surface area contributed by atoms with Crippen molar-refractivity contribution in [1.82, 2.24) is 9.88 Å². The van der Waals surface area contributed by atoms with Gasteiger partial charge in [-0.25, -0.2) is 0 Å². The number of methoxy groups -OCH3 is 1. The molecule has 5 nitrogen and oxygen atoms in total. The highest BCUT2D eigenvalue weighted by atomic mass is 79.9. The van der Waals surface area contributed by atoms with Crippen molar-refractivity contribution in [2.45, 2.75) is 13.8 Å². The van der Waals surface area contributed by atoms with Gasteiger partial charge in [-0.15, -0.1) is 0 Å². The Hall–Kier alpha value is -2.88. The molecule has 0 bridgehead atoms. The average molecular weight is 452 g/mol. The van der Waals surface area contributed by atoms with E-state index in [0.29, 0.717) is 13.2 Å². The van der Waals surface area contributed by atoms with Gasteiger partial charge in [-0.2, -0.15) is 5.26 Å². The minimum atomic E-state index is -0.400. The Morgan fingerprint density at radius 3 is 2.66 bits per heavy atom. The molecular formula is C23H22BrN3O2. The Labute approximate surface area is 178 Å². The molecule has 0 aliphatic heterocycles. The van der Waals surface area contributed by atoms with Gasteiger partial charge in [0.1, 0.15) is 11.6 Å². The SMILES string of the molecule is COCCNC(=O)/C(C#N)=C/c1cc(C)n(-c2ccc(Br)c3ccccc23)c1C. The number of hydrogen-bond acceptors (Lipinski definition) is 3. The smallest absolute Gasteiger partial charge is 0.262 e. The predicted molar refractivity (Wildman–Crippen MR) is 119 cm³/mol. The molecule has 29 heavy (non-hydrogen) atoms. The summed E-state index contributed by atoms with van der Waals surface area (Å²) >= 11 is 3.62. The first kappa shape index (κ1) is 20.8. The van der Waals surface area contributed by atoms with Gasteiger partial charge in [-0.1, -0.05) is 40.2 Å². The maximum Gasteiger partial charge on any atom is 0.262 e. The molecule has 0 saturated carbocycles. The maximum atomic E-state index is 12.3. The number of aryl methyl sites for hydroxylation is 1. The van der Waals surface area contributed by atoms with E-state index in [2.05, 4.69) is 44.0 Å². The third-order valence-corrected chi connectivity index (χ3v) is 5.51. The van der Waals surface area contributed by atoms with Crippen LogP contribution in [0.4, 0.5) is 0 Å². The van der Waals surface area contributed by atoms with E-state index in [1.165, 1.54) is 0 Å². The van der Waals surface area contributed by atoms with Crippen molar-refractivity contribution >= 4 is 38.7 Å². The summed E-state index contributed by atoms with van der Waals surface area (Å²) in [6.45, 7) is 4.77. The highest BCUT2D eigenvalue weighted by Crippen LogP contribution is 2.32. The Morgan fingerprint density at radius 1 is 1.24 bits per heavy atom. The molecule has 1 amide bonds. The number of hydrogen-bond donors (Lipinski definition) is 1. The first-order valence-corrected chi connectivity index (χ1v) is 10.0. The lowest BCUT2D eigenvalue weighted by Gasteiger charge is -2.14. The quantitative estimate of drug-likeness (QED) is 0.336. The summed E-state index contributed by atoms with van der Waals surface area (Å²) < 4.78 is 8.12. The second kappa shape index (κ2) is 9.08. The summed E-state index contributed by atoms with van der Waals surface area (Å²) in [7, 11) is 1.56. The lowest BCUT2D eigenvalue weighted by atomic mass is 10.1. The van der Waals surface area contributed by atoms with Gasteiger partial charge in [0.05, 0.1) is 12.3 Å². The molecule has 0 aliphatic rings. The van der Waals surface area contributed by atoms with Crippen LogP contribution < -0.4 is 5.32 Å². The van der Waals surface area contributed by atoms with Gasteiger partial charge in [0, 0.05) is 34.9 Å². The van der Waals surface area contributed by atoms with Crippen LogP contribution in [0.5, 0.6) is 0 Å². The summed E-state index contributed by atoms with van der Waals surface area (Å²) in [5, 5.41) is 14.4. The minimum Gasteiger partial charge on any atom is -0.383 e. The average Bonchev–Trinajstić information content (AvgIpc) is 3.00. The molecule has 0 spiro atoms. The number of rotatable bonds is 6. The molecule has 0 radical (unpaired) electrons. The molecule has 1 heterocycles. The fourth-order valence-electron chi connectivity index (χ4n) is 3.41. The normalized spacial score (nSPS) is 11.5. The molecule has 0 aliphatic carbocycles. The first-order valence-electron chi connectivity index (χ1n) is 9.23. The summed E-state index contributed by atoms with van der Waals surface area (Å²) in [5.74, 6) is -0.400. The van der Waals surface area contributed by atoms with Crippen LogP contribution in [0.15, 0.2) is 52.5 Å². The number of nitriles is 1. The van der Waals surface area contributed by atoms with Crippen LogP contribution in [0, 0.1) is 25.2 Å². The summed E-state index contributed by atoms with van der Waals surface area (Å²) in [6.07, 6.45) is 1.64. The third kappa shape index (κ3) is 4.26. The van der Waals surface area contributed by atoms with E-state index in [1.807, 2.05) is 44.2 Å². The van der Waals surface area contributed by atoms with E-state index < -0.39 is 5.91 Å². The number of amides is 1. The first-order chi connectivity index (χ1) is 14.0. The van der Waals surface area contributed by atoms with E-state index in [-0.39, 0.29) is 5.57 Å². The summed E-state index contributed by atoms with van der Waals surface area (Å²) in [4.78, 5) is 12.3. The van der Waals surface area contributed by atoms with Gasteiger partial charge in [0.2, 0.25) is 0 Å². The van der Waals surface area contributed by atoms with Gasteiger partial charge in [0.25, 0.3) is 5.91 Å². The molecular weight excluding hydrogens is 430 g/mol. The highest BCUT2D eigenvalue weighted by molar-refractivity contribution is 9.10. The topological polar surface area (TPSA) is 67.0 Å². The van der Waals surface area contributed by atoms with Crippen molar-refractivity contribution in [3.05, 3.63) is 69.5 Å². The second-order valence-corrected chi connectivity index (χ2v) is 7.55. The lowest BCUT2D eigenvalue weighted by Crippen LogP contribution is -2.27. The zero-order chi connectivity index (χ0) is 21.0. The van der Waals surface area contributed by atoms with Crippen molar-refractivity contribution in [2.24, 2.45) is 0 Å². The zero-order valence-electron chi connectivity index (χ0n) is 16.6. The maximum absolute atomic E-state index is 12.3. The van der Waals surface area contributed by atoms with Crippen LogP contribution in [-0.4, -0.2) is 30.7 Å². The molecule has 0 saturated heterocycles. The van der Waals surface area contributed by atoms with Crippen LogP contribution in [0.1, 0.15) is 17.0 Å². The standard InChI is InChI=1S/C23H22BrN3O2/c1-15-12-17(13-18(14-25)23(28)26-10-11-29-3)16(2)27(15)22-9-8-21(24)19-6-4-5-7-20(19)22/h4-9,12-13H,10-11H2,1-3H3,(H,26,28)/b18-13+. The minimum absolute atomic E-state index is 0.0713.